The number of benzene rings is 1. The van der Waals surface area contributed by atoms with Gasteiger partial charge in [-0.15, -0.1) is 6.58 Å². The summed E-state index contributed by atoms with van der Waals surface area (Å²) in [6.45, 7) is 6.09. The Kier molecular flexibility index (Phi) is 4.14. The summed E-state index contributed by atoms with van der Waals surface area (Å²) in [5.74, 6) is 0.119. The van der Waals surface area contributed by atoms with Crippen molar-refractivity contribution in [2.45, 2.75) is 32.0 Å². The van der Waals surface area contributed by atoms with Gasteiger partial charge in [0, 0.05) is 42.6 Å². The number of carbonyl (C=O) groups is 1. The van der Waals surface area contributed by atoms with E-state index in [1.807, 2.05) is 52.3 Å². The van der Waals surface area contributed by atoms with Gasteiger partial charge in [0.25, 0.3) is 5.91 Å². The van der Waals surface area contributed by atoms with Gasteiger partial charge in [-0.1, -0.05) is 24.3 Å². The molecule has 4 rings (SSSR count). The van der Waals surface area contributed by atoms with Crippen molar-refractivity contribution >= 4 is 16.8 Å². The molecule has 1 aliphatic heterocycles. The molecule has 1 atom stereocenters. The molecular weight excluding hydrogens is 312 g/mol. The molecule has 1 fully saturated rings. The third-order valence-electron chi connectivity index (χ3n) is 4.94. The number of hydrogen-bond donors (Lipinski definition) is 0. The lowest BCUT2D eigenvalue weighted by Crippen LogP contribution is -2.38. The van der Waals surface area contributed by atoms with E-state index in [0.29, 0.717) is 6.54 Å². The number of hydrogen-bond acceptors (Lipinski definition) is 2. The van der Waals surface area contributed by atoms with E-state index < -0.39 is 0 Å². The Balaban J connectivity index is 1.66. The van der Waals surface area contributed by atoms with Gasteiger partial charge in [0.05, 0.1) is 18.2 Å². The predicted molar refractivity (Wildman–Crippen MR) is 98.4 cm³/mol. The van der Waals surface area contributed by atoms with E-state index in [0.717, 1.165) is 42.4 Å². The zero-order valence-corrected chi connectivity index (χ0v) is 14.2. The van der Waals surface area contributed by atoms with Crippen molar-refractivity contribution in [3.8, 4) is 0 Å². The van der Waals surface area contributed by atoms with Crippen LogP contribution < -0.4 is 0 Å². The van der Waals surface area contributed by atoms with Crippen molar-refractivity contribution in [3.63, 3.8) is 0 Å². The Morgan fingerprint density at radius 2 is 2.20 bits per heavy atom. The van der Waals surface area contributed by atoms with E-state index in [4.69, 9.17) is 0 Å². The Hall–Kier alpha value is -2.82. The number of nitrogens with zero attached hydrogens (tertiary/aromatic N) is 4. The fourth-order valence-electron chi connectivity index (χ4n) is 3.78. The first-order valence-corrected chi connectivity index (χ1v) is 8.75. The van der Waals surface area contributed by atoms with Crippen LogP contribution in [0.1, 0.15) is 23.2 Å². The maximum atomic E-state index is 13.3. The molecule has 3 aromatic rings. The van der Waals surface area contributed by atoms with Gasteiger partial charge in [-0.3, -0.25) is 9.48 Å². The summed E-state index contributed by atoms with van der Waals surface area (Å²) in [4.78, 5) is 15.3. The fraction of sp³-hybridized carbons (Fsp3) is 0.300. The largest absolute Gasteiger partial charge is 0.343 e. The van der Waals surface area contributed by atoms with Crippen LogP contribution in [-0.4, -0.2) is 37.7 Å². The van der Waals surface area contributed by atoms with Crippen molar-refractivity contribution in [1.82, 2.24) is 19.2 Å². The van der Waals surface area contributed by atoms with Gasteiger partial charge >= 0.3 is 0 Å². The van der Waals surface area contributed by atoms with Crippen LogP contribution >= 0.6 is 0 Å². The Morgan fingerprint density at radius 3 is 3.00 bits per heavy atom. The standard InChI is InChI=1S/C20H22N4O/c1-2-11-22-15-18(17-8-3-4-9-19(17)22)20(25)24-13-5-7-16(24)14-23-12-6-10-21-23/h2-4,6,8-10,12,15-16H,1,5,7,11,13-14H2/t16-/m1/s1. The van der Waals surface area contributed by atoms with Crippen LogP contribution in [0.4, 0.5) is 0 Å². The highest BCUT2D eigenvalue weighted by molar-refractivity contribution is 6.07. The molecule has 0 unspecified atom stereocenters. The second-order valence-corrected chi connectivity index (χ2v) is 6.52. The van der Waals surface area contributed by atoms with Crippen LogP contribution in [0.15, 0.2) is 61.6 Å². The van der Waals surface area contributed by atoms with Crippen molar-refractivity contribution in [2.24, 2.45) is 0 Å². The SMILES string of the molecule is C=CCn1cc(C(=O)N2CCC[C@@H]2Cn2cccn2)c2ccccc21. The molecule has 128 valence electrons. The van der Waals surface area contributed by atoms with Crippen molar-refractivity contribution in [1.29, 1.82) is 0 Å². The molecule has 3 heterocycles. The summed E-state index contributed by atoms with van der Waals surface area (Å²) in [7, 11) is 0. The fourth-order valence-corrected chi connectivity index (χ4v) is 3.78. The maximum Gasteiger partial charge on any atom is 0.256 e. The molecule has 1 aliphatic rings. The third-order valence-corrected chi connectivity index (χ3v) is 4.94. The lowest BCUT2D eigenvalue weighted by molar-refractivity contribution is 0.0723. The molecule has 0 N–H and O–H groups in total. The Morgan fingerprint density at radius 1 is 1.32 bits per heavy atom. The van der Waals surface area contributed by atoms with Gasteiger partial charge < -0.3 is 9.47 Å². The van der Waals surface area contributed by atoms with E-state index >= 15 is 0 Å². The van der Waals surface area contributed by atoms with Crippen LogP contribution in [0.2, 0.25) is 0 Å². The average Bonchev–Trinajstić information content (AvgIpc) is 3.36. The highest BCUT2D eigenvalue weighted by Crippen LogP contribution is 2.27. The second-order valence-electron chi connectivity index (χ2n) is 6.52. The van der Waals surface area contributed by atoms with E-state index in [-0.39, 0.29) is 11.9 Å². The minimum Gasteiger partial charge on any atom is -0.343 e. The smallest absolute Gasteiger partial charge is 0.256 e. The molecule has 0 bridgehead atoms. The zero-order chi connectivity index (χ0) is 17.2. The van der Waals surface area contributed by atoms with Gasteiger partial charge in [0.2, 0.25) is 0 Å². The van der Waals surface area contributed by atoms with Crippen molar-refractivity contribution in [2.75, 3.05) is 6.54 Å². The van der Waals surface area contributed by atoms with Crippen LogP contribution in [0.25, 0.3) is 10.9 Å². The minimum absolute atomic E-state index is 0.119. The highest BCUT2D eigenvalue weighted by atomic mass is 16.2. The molecule has 5 heteroatoms. The molecule has 1 amide bonds. The van der Waals surface area contributed by atoms with Gasteiger partial charge in [-0.05, 0) is 25.0 Å². The zero-order valence-electron chi connectivity index (χ0n) is 14.2. The van der Waals surface area contributed by atoms with Crippen LogP contribution in [-0.2, 0) is 13.1 Å². The van der Waals surface area contributed by atoms with Gasteiger partial charge in [-0.2, -0.15) is 5.10 Å². The molecule has 2 aromatic heterocycles. The Labute approximate surface area is 147 Å². The molecular formula is C20H22N4O. The van der Waals surface area contributed by atoms with E-state index in [1.54, 1.807) is 6.20 Å². The van der Waals surface area contributed by atoms with Gasteiger partial charge in [0.15, 0.2) is 0 Å². The van der Waals surface area contributed by atoms with Crippen LogP contribution in [0.3, 0.4) is 0 Å². The van der Waals surface area contributed by atoms with E-state index in [1.165, 1.54) is 0 Å². The first-order chi connectivity index (χ1) is 12.3. The molecule has 5 nitrogen and oxygen atoms in total. The first kappa shape index (κ1) is 15.7. The van der Waals surface area contributed by atoms with E-state index in [9.17, 15) is 4.79 Å². The second kappa shape index (κ2) is 6.59. The highest BCUT2D eigenvalue weighted by Gasteiger charge is 2.31. The van der Waals surface area contributed by atoms with Gasteiger partial charge in [-0.25, -0.2) is 0 Å². The summed E-state index contributed by atoms with van der Waals surface area (Å²) >= 11 is 0. The van der Waals surface area contributed by atoms with Crippen molar-refractivity contribution in [3.05, 3.63) is 67.1 Å². The third kappa shape index (κ3) is 2.86. The number of fused-ring (bicyclic) bond motifs is 1. The van der Waals surface area contributed by atoms with E-state index in [2.05, 4.69) is 22.3 Å². The molecule has 0 aliphatic carbocycles. The summed E-state index contributed by atoms with van der Waals surface area (Å²) < 4.78 is 4.01. The molecule has 0 saturated carbocycles. The monoisotopic (exact) mass is 334 g/mol. The summed E-state index contributed by atoms with van der Waals surface area (Å²) in [6.07, 6.45) is 9.63. The Bertz CT molecular complexity index is 894. The first-order valence-electron chi connectivity index (χ1n) is 8.75. The molecule has 1 saturated heterocycles. The average molecular weight is 334 g/mol. The number of likely N-dealkylation sites (tertiary alicyclic amines) is 1. The number of carbonyl (C=O) groups excluding carboxylic acids is 1. The quantitative estimate of drug-likeness (QED) is 0.672. The molecule has 25 heavy (non-hydrogen) atoms. The summed E-state index contributed by atoms with van der Waals surface area (Å²) in [5.41, 5.74) is 1.86. The van der Waals surface area contributed by atoms with Crippen molar-refractivity contribution < 1.29 is 4.79 Å². The minimum atomic E-state index is 0.119. The number of amides is 1. The number of para-hydroxylation sites is 1. The number of allylic oxidation sites excluding steroid dienone is 1. The molecule has 0 radical (unpaired) electrons. The predicted octanol–water partition coefficient (Wildman–Crippen LogP) is 3.33. The maximum absolute atomic E-state index is 13.3. The number of aromatic nitrogens is 3. The number of rotatable bonds is 5. The lowest BCUT2D eigenvalue weighted by Gasteiger charge is -2.24. The molecule has 0 spiro atoms. The summed E-state index contributed by atoms with van der Waals surface area (Å²) in [5, 5.41) is 5.30. The topological polar surface area (TPSA) is 43.1 Å². The normalized spacial score (nSPS) is 17.3. The van der Waals surface area contributed by atoms with Gasteiger partial charge in [0.1, 0.15) is 0 Å². The lowest BCUT2D eigenvalue weighted by atomic mass is 10.1. The van der Waals surface area contributed by atoms with Crippen LogP contribution in [0.5, 0.6) is 0 Å². The summed E-state index contributed by atoms with van der Waals surface area (Å²) in [6, 6.07) is 10.2. The molecule has 1 aromatic carbocycles. The van der Waals surface area contributed by atoms with Crippen LogP contribution in [0, 0.1) is 0 Å².